The predicted octanol–water partition coefficient (Wildman–Crippen LogP) is 5.30. The molecular weight excluding hydrogens is 462 g/mol. The van der Waals surface area contributed by atoms with E-state index < -0.39 is 0 Å². The number of carbonyl (C=O) groups is 1. The smallest absolute Gasteiger partial charge is 0.259 e. The minimum Gasteiger partial charge on any atom is -0.490 e. The zero-order valence-corrected chi connectivity index (χ0v) is 21.6. The number of guanidine groups is 1. The van der Waals surface area contributed by atoms with Gasteiger partial charge in [-0.05, 0) is 73.0 Å². The number of likely N-dealkylation sites (tertiary alicyclic amines) is 1. The fraction of sp³-hybridized carbons (Fsp3) is 0.300. The summed E-state index contributed by atoms with van der Waals surface area (Å²) in [6.07, 6.45) is 1.67. The van der Waals surface area contributed by atoms with Gasteiger partial charge in [-0.25, -0.2) is 0 Å². The highest BCUT2D eigenvalue weighted by Gasteiger charge is 2.34. The molecule has 5 rings (SSSR count). The molecule has 0 aromatic heterocycles. The van der Waals surface area contributed by atoms with Crippen molar-refractivity contribution < 1.29 is 9.53 Å². The number of hydrogen-bond donors (Lipinski definition) is 3. The van der Waals surface area contributed by atoms with Crippen molar-refractivity contribution in [3.63, 3.8) is 0 Å². The zero-order chi connectivity index (χ0) is 26.3. The Balaban J connectivity index is 1.41. The Bertz CT molecular complexity index is 1450. The number of carbonyl (C=O) groups excluding carboxylic acids is 1. The molecular formula is C30H33N5O2. The molecule has 0 unspecified atom stereocenters. The average molecular weight is 496 g/mol. The molecule has 2 aliphatic rings. The van der Waals surface area contributed by atoms with Gasteiger partial charge in [-0.15, -0.1) is 0 Å². The molecule has 7 heteroatoms. The SMILES string of the molecule is CC(=N)c1ccc2ccc(CN3C(=O)C(=C(C)C)c4cc(OC5CCN(C(=N)N)CC5)ccc43)cc2c1. The fourth-order valence-corrected chi connectivity index (χ4v) is 5.24. The molecule has 1 amide bonds. The van der Waals surface area contributed by atoms with E-state index in [0.29, 0.717) is 25.3 Å². The Kier molecular flexibility index (Phi) is 6.46. The Labute approximate surface area is 217 Å². The second-order valence-corrected chi connectivity index (χ2v) is 10.2. The van der Waals surface area contributed by atoms with Crippen LogP contribution in [0.1, 0.15) is 50.3 Å². The zero-order valence-electron chi connectivity index (χ0n) is 21.6. The number of amides is 1. The van der Waals surface area contributed by atoms with E-state index in [2.05, 4.69) is 18.2 Å². The van der Waals surface area contributed by atoms with Crippen LogP contribution in [0.25, 0.3) is 16.3 Å². The lowest BCUT2D eigenvalue weighted by Crippen LogP contribution is -2.44. The summed E-state index contributed by atoms with van der Waals surface area (Å²) in [5.74, 6) is 0.874. The number of benzene rings is 3. The Hall–Kier alpha value is -4.13. The maximum absolute atomic E-state index is 13.6. The van der Waals surface area contributed by atoms with Gasteiger partial charge in [-0.3, -0.25) is 10.2 Å². The third-order valence-electron chi connectivity index (χ3n) is 7.25. The van der Waals surface area contributed by atoms with E-state index in [9.17, 15) is 4.79 Å². The van der Waals surface area contributed by atoms with E-state index in [1.54, 1.807) is 6.92 Å². The van der Waals surface area contributed by atoms with Crippen molar-refractivity contribution in [2.24, 2.45) is 5.73 Å². The summed E-state index contributed by atoms with van der Waals surface area (Å²) >= 11 is 0. The molecule has 3 aromatic rings. The van der Waals surface area contributed by atoms with Crippen LogP contribution in [0.2, 0.25) is 0 Å². The molecule has 3 aromatic carbocycles. The number of nitrogens with one attached hydrogen (secondary N) is 2. The van der Waals surface area contributed by atoms with Crippen molar-refractivity contribution in [3.8, 4) is 5.75 Å². The summed E-state index contributed by atoms with van der Waals surface area (Å²) < 4.78 is 6.30. The molecule has 190 valence electrons. The number of anilines is 1. The molecule has 0 bridgehead atoms. The number of nitrogens with zero attached hydrogens (tertiary/aromatic N) is 2. The number of hydrogen-bond acceptors (Lipinski definition) is 4. The second kappa shape index (κ2) is 9.73. The quantitative estimate of drug-likeness (QED) is 0.253. The third kappa shape index (κ3) is 4.81. The van der Waals surface area contributed by atoms with Crippen molar-refractivity contribution in [2.45, 2.75) is 46.3 Å². The summed E-state index contributed by atoms with van der Waals surface area (Å²) in [7, 11) is 0. The van der Waals surface area contributed by atoms with Crippen LogP contribution in [0.15, 0.2) is 60.2 Å². The van der Waals surface area contributed by atoms with Crippen LogP contribution < -0.4 is 15.4 Å². The molecule has 0 atom stereocenters. The van der Waals surface area contributed by atoms with Crippen molar-refractivity contribution in [1.82, 2.24) is 4.90 Å². The summed E-state index contributed by atoms with van der Waals surface area (Å²) in [6, 6.07) is 18.2. The standard InChI is InChI=1S/C30H33N5O2/c1-18(2)28-26-16-25(37-24-10-12-34(13-11-24)30(32)33)8-9-27(26)35(29(28)36)17-20-4-5-21-6-7-22(19(3)31)15-23(21)14-20/h4-9,14-16,24,31H,10-13,17H2,1-3H3,(H3,32,33). The maximum Gasteiger partial charge on any atom is 0.259 e. The van der Waals surface area contributed by atoms with Gasteiger partial charge in [0.05, 0.1) is 12.2 Å². The fourth-order valence-electron chi connectivity index (χ4n) is 5.24. The summed E-state index contributed by atoms with van der Waals surface area (Å²) in [5, 5.41) is 17.8. The first kappa shape index (κ1) is 24.6. The first-order valence-electron chi connectivity index (χ1n) is 12.7. The lowest BCUT2D eigenvalue weighted by atomic mass is 10.0. The second-order valence-electron chi connectivity index (χ2n) is 10.2. The van der Waals surface area contributed by atoms with Gasteiger partial charge in [0.1, 0.15) is 11.9 Å². The van der Waals surface area contributed by atoms with Crippen LogP contribution in [0, 0.1) is 10.8 Å². The van der Waals surface area contributed by atoms with Crippen molar-refractivity contribution >= 4 is 39.6 Å². The topological polar surface area (TPSA) is 106 Å². The van der Waals surface area contributed by atoms with Crippen molar-refractivity contribution in [2.75, 3.05) is 18.0 Å². The molecule has 2 aliphatic heterocycles. The number of rotatable bonds is 5. The monoisotopic (exact) mass is 495 g/mol. The highest BCUT2D eigenvalue weighted by Crippen LogP contribution is 2.41. The molecule has 2 heterocycles. The van der Waals surface area contributed by atoms with Gasteiger partial charge in [0.2, 0.25) is 0 Å². The first-order valence-corrected chi connectivity index (χ1v) is 12.7. The molecule has 4 N–H and O–H groups in total. The number of nitrogens with two attached hydrogens (primary N) is 1. The summed E-state index contributed by atoms with van der Waals surface area (Å²) in [6.45, 7) is 7.63. The highest BCUT2D eigenvalue weighted by molar-refractivity contribution is 6.33. The van der Waals surface area contributed by atoms with Crippen LogP contribution in [0.5, 0.6) is 5.75 Å². The van der Waals surface area contributed by atoms with Gasteiger partial charge in [0.25, 0.3) is 5.91 Å². The Morgan fingerprint density at radius 1 is 0.973 bits per heavy atom. The lowest BCUT2D eigenvalue weighted by Gasteiger charge is -2.32. The maximum atomic E-state index is 13.6. The van der Waals surface area contributed by atoms with E-state index in [0.717, 1.165) is 62.9 Å². The van der Waals surface area contributed by atoms with E-state index in [-0.39, 0.29) is 18.0 Å². The van der Waals surface area contributed by atoms with Gasteiger partial charge >= 0.3 is 0 Å². The van der Waals surface area contributed by atoms with E-state index >= 15 is 0 Å². The van der Waals surface area contributed by atoms with Crippen LogP contribution in [-0.2, 0) is 11.3 Å². The minimum absolute atomic E-state index is 0.00565. The van der Waals surface area contributed by atoms with E-state index in [1.165, 1.54) is 0 Å². The molecule has 37 heavy (non-hydrogen) atoms. The van der Waals surface area contributed by atoms with Gasteiger partial charge in [-0.2, -0.15) is 0 Å². The Morgan fingerprint density at radius 2 is 1.70 bits per heavy atom. The molecule has 0 aliphatic carbocycles. The predicted molar refractivity (Wildman–Crippen MR) is 149 cm³/mol. The van der Waals surface area contributed by atoms with Crippen LogP contribution in [-0.4, -0.2) is 41.7 Å². The summed E-state index contributed by atoms with van der Waals surface area (Å²) in [5.41, 5.74) is 11.6. The molecule has 0 radical (unpaired) electrons. The van der Waals surface area contributed by atoms with Crippen LogP contribution in [0.4, 0.5) is 5.69 Å². The third-order valence-corrected chi connectivity index (χ3v) is 7.25. The molecule has 1 fully saturated rings. The number of fused-ring (bicyclic) bond motifs is 2. The average Bonchev–Trinajstić information content (AvgIpc) is 3.14. The first-order chi connectivity index (χ1) is 17.7. The van der Waals surface area contributed by atoms with Crippen molar-refractivity contribution in [3.05, 3.63) is 76.9 Å². The van der Waals surface area contributed by atoms with Gasteiger partial charge in [0.15, 0.2) is 5.96 Å². The van der Waals surface area contributed by atoms with Crippen LogP contribution >= 0.6 is 0 Å². The van der Waals surface area contributed by atoms with Crippen molar-refractivity contribution in [1.29, 1.82) is 10.8 Å². The van der Waals surface area contributed by atoms with Gasteiger partial charge in [-0.1, -0.05) is 29.8 Å². The van der Waals surface area contributed by atoms with Gasteiger partial charge in [0, 0.05) is 42.8 Å². The molecule has 1 saturated heterocycles. The number of allylic oxidation sites excluding steroid dienone is 1. The lowest BCUT2D eigenvalue weighted by molar-refractivity contribution is -0.113. The number of ether oxygens (including phenoxy) is 1. The van der Waals surface area contributed by atoms with E-state index in [1.807, 2.05) is 60.0 Å². The largest absolute Gasteiger partial charge is 0.490 e. The highest BCUT2D eigenvalue weighted by atomic mass is 16.5. The van der Waals surface area contributed by atoms with Crippen LogP contribution in [0.3, 0.4) is 0 Å². The molecule has 7 nitrogen and oxygen atoms in total. The van der Waals surface area contributed by atoms with E-state index in [4.69, 9.17) is 21.3 Å². The minimum atomic E-state index is 0.00565. The molecule has 0 saturated carbocycles. The Morgan fingerprint density at radius 3 is 2.38 bits per heavy atom. The normalized spacial score (nSPS) is 15.8. The molecule has 0 spiro atoms. The number of piperidine rings is 1. The van der Waals surface area contributed by atoms with Gasteiger partial charge < -0.3 is 25.7 Å². The summed E-state index contributed by atoms with van der Waals surface area (Å²) in [4.78, 5) is 17.3.